The van der Waals surface area contributed by atoms with Crippen LogP contribution in [-0.2, 0) is 11.3 Å². The number of aromatic nitrogens is 6. The van der Waals surface area contributed by atoms with E-state index in [1.54, 1.807) is 35.1 Å². The molecule has 1 fully saturated rings. The molecule has 0 amide bonds. The van der Waals surface area contributed by atoms with E-state index in [0.29, 0.717) is 42.0 Å². The van der Waals surface area contributed by atoms with Crippen LogP contribution in [0.1, 0.15) is 48.6 Å². The maximum Gasteiger partial charge on any atom is 0.306 e. The third kappa shape index (κ3) is 5.05. The number of carboxylic acid groups (broad SMARTS) is 1. The Balaban J connectivity index is 1.33. The number of pyridine rings is 1. The zero-order valence-corrected chi connectivity index (χ0v) is 19.4. The summed E-state index contributed by atoms with van der Waals surface area (Å²) in [7, 11) is 0. The molecule has 3 heterocycles. The third-order valence-electron chi connectivity index (χ3n) is 6.48. The van der Waals surface area contributed by atoms with Crippen molar-refractivity contribution in [1.29, 1.82) is 5.26 Å². The molecule has 36 heavy (non-hydrogen) atoms. The van der Waals surface area contributed by atoms with Gasteiger partial charge < -0.3 is 10.8 Å². The third-order valence-corrected chi connectivity index (χ3v) is 6.48. The fourth-order valence-electron chi connectivity index (χ4n) is 4.60. The highest BCUT2D eigenvalue weighted by atomic mass is 16.4. The Labute approximate surface area is 207 Å². The SMILES string of the molecule is N#Cc1cccc(-c2cc(-c3cn(Cc4cccc(C5CCC(C(=O)O)CC5)n4)nn3)nc(N)n2)c1. The number of rotatable bonds is 6. The summed E-state index contributed by atoms with van der Waals surface area (Å²) in [4.78, 5) is 24.7. The number of carboxylic acids is 1. The molecule has 1 aromatic carbocycles. The Morgan fingerprint density at radius 3 is 2.58 bits per heavy atom. The Bertz CT molecular complexity index is 1450. The minimum Gasteiger partial charge on any atom is -0.481 e. The number of hydrogen-bond acceptors (Lipinski definition) is 8. The molecular formula is C26H24N8O2. The van der Waals surface area contributed by atoms with Crippen molar-refractivity contribution < 1.29 is 9.90 Å². The van der Waals surface area contributed by atoms with Gasteiger partial charge in [0, 0.05) is 17.2 Å². The smallest absolute Gasteiger partial charge is 0.306 e. The molecule has 0 radical (unpaired) electrons. The molecule has 1 saturated carbocycles. The second-order valence-corrected chi connectivity index (χ2v) is 8.93. The molecule has 0 bridgehead atoms. The van der Waals surface area contributed by atoms with Crippen LogP contribution in [0.15, 0.2) is 54.7 Å². The molecule has 0 saturated heterocycles. The number of hydrogen-bond donors (Lipinski definition) is 2. The summed E-state index contributed by atoms with van der Waals surface area (Å²) < 4.78 is 1.69. The Kier molecular flexibility index (Phi) is 6.36. The normalized spacial score (nSPS) is 17.4. The van der Waals surface area contributed by atoms with Gasteiger partial charge in [-0.2, -0.15) is 5.26 Å². The Hall–Kier alpha value is -4.65. The molecular weight excluding hydrogens is 456 g/mol. The van der Waals surface area contributed by atoms with E-state index < -0.39 is 5.97 Å². The van der Waals surface area contributed by atoms with Gasteiger partial charge in [-0.15, -0.1) is 5.10 Å². The van der Waals surface area contributed by atoms with Gasteiger partial charge in [0.15, 0.2) is 0 Å². The quantitative estimate of drug-likeness (QED) is 0.420. The predicted octanol–water partition coefficient (Wildman–Crippen LogP) is 3.66. The predicted molar refractivity (Wildman–Crippen MR) is 131 cm³/mol. The monoisotopic (exact) mass is 480 g/mol. The minimum absolute atomic E-state index is 0.103. The van der Waals surface area contributed by atoms with Crippen LogP contribution in [0.4, 0.5) is 5.95 Å². The first-order valence-electron chi connectivity index (χ1n) is 11.7. The summed E-state index contributed by atoms with van der Waals surface area (Å²) in [6.45, 7) is 0.433. The molecule has 10 heteroatoms. The van der Waals surface area contributed by atoms with Crippen LogP contribution in [0.2, 0.25) is 0 Å². The topological polar surface area (TPSA) is 156 Å². The van der Waals surface area contributed by atoms with Crippen LogP contribution >= 0.6 is 0 Å². The number of nitrogens with two attached hydrogens (primary N) is 1. The zero-order chi connectivity index (χ0) is 25.1. The molecule has 4 aromatic rings. The number of carbonyl (C=O) groups is 1. The van der Waals surface area contributed by atoms with Crippen LogP contribution < -0.4 is 5.73 Å². The van der Waals surface area contributed by atoms with Gasteiger partial charge in [0.25, 0.3) is 0 Å². The van der Waals surface area contributed by atoms with Crippen molar-refractivity contribution in [2.45, 2.75) is 38.1 Å². The van der Waals surface area contributed by atoms with Gasteiger partial charge in [0.05, 0.1) is 47.4 Å². The lowest BCUT2D eigenvalue weighted by Crippen LogP contribution is -2.21. The van der Waals surface area contributed by atoms with Crippen LogP contribution in [0.5, 0.6) is 0 Å². The van der Waals surface area contributed by atoms with Gasteiger partial charge in [-0.1, -0.05) is 23.4 Å². The molecule has 5 rings (SSSR count). The van der Waals surface area contributed by atoms with Crippen LogP contribution in [0, 0.1) is 17.2 Å². The van der Waals surface area contributed by atoms with E-state index in [2.05, 4.69) is 26.3 Å². The number of benzene rings is 1. The average molecular weight is 481 g/mol. The summed E-state index contributed by atoms with van der Waals surface area (Å²) in [5, 5.41) is 26.9. The van der Waals surface area contributed by atoms with E-state index in [1.807, 2.05) is 24.3 Å². The summed E-state index contributed by atoms with van der Waals surface area (Å²) in [5.74, 6) is -0.574. The molecule has 0 atom stereocenters. The van der Waals surface area contributed by atoms with E-state index in [1.165, 1.54) is 0 Å². The fourth-order valence-corrected chi connectivity index (χ4v) is 4.60. The van der Waals surface area contributed by atoms with Crippen LogP contribution in [0.25, 0.3) is 22.6 Å². The van der Waals surface area contributed by atoms with Gasteiger partial charge in [-0.25, -0.2) is 14.6 Å². The minimum atomic E-state index is -0.703. The summed E-state index contributed by atoms with van der Waals surface area (Å²) in [6.07, 6.45) is 4.81. The first-order valence-corrected chi connectivity index (χ1v) is 11.7. The highest BCUT2D eigenvalue weighted by Gasteiger charge is 2.27. The molecule has 3 N–H and O–H groups in total. The molecule has 10 nitrogen and oxygen atoms in total. The average Bonchev–Trinajstić information content (AvgIpc) is 3.37. The van der Waals surface area contributed by atoms with Crippen molar-refractivity contribution in [2.24, 2.45) is 5.92 Å². The first-order chi connectivity index (χ1) is 17.5. The zero-order valence-electron chi connectivity index (χ0n) is 19.4. The summed E-state index contributed by atoms with van der Waals surface area (Å²) in [5.41, 5.74) is 10.8. The standard InChI is InChI=1S/C26H24N8O2/c27-13-16-3-1-4-19(11-16)22-12-23(31-26(28)30-22)24-15-34(33-32-24)14-20-5-2-6-21(29-20)17-7-9-18(10-8-17)25(35)36/h1-6,11-12,15,17-18H,7-10,14H2,(H,35,36)(H2,28,30,31). The number of nitrogens with zero attached hydrogens (tertiary/aromatic N) is 7. The van der Waals surface area contributed by atoms with Crippen molar-refractivity contribution >= 4 is 11.9 Å². The van der Waals surface area contributed by atoms with Crippen LogP contribution in [0.3, 0.4) is 0 Å². The van der Waals surface area contributed by atoms with E-state index >= 15 is 0 Å². The molecule has 180 valence electrons. The van der Waals surface area contributed by atoms with Gasteiger partial charge in [0.2, 0.25) is 5.95 Å². The van der Waals surface area contributed by atoms with Crippen molar-refractivity contribution in [1.82, 2.24) is 29.9 Å². The number of nitrogen functional groups attached to an aromatic ring is 1. The molecule has 0 unspecified atom stereocenters. The van der Waals surface area contributed by atoms with Crippen molar-refractivity contribution in [3.05, 3.63) is 71.7 Å². The second kappa shape index (κ2) is 9.92. The van der Waals surface area contributed by atoms with Crippen molar-refractivity contribution in [2.75, 3.05) is 5.73 Å². The van der Waals surface area contributed by atoms with Gasteiger partial charge in [-0.3, -0.25) is 9.78 Å². The number of anilines is 1. The first kappa shape index (κ1) is 23.1. The maximum absolute atomic E-state index is 11.2. The second-order valence-electron chi connectivity index (χ2n) is 8.93. The summed E-state index contributed by atoms with van der Waals surface area (Å²) in [6, 6.07) is 16.9. The molecule has 0 spiro atoms. The van der Waals surface area contributed by atoms with Crippen molar-refractivity contribution in [3.63, 3.8) is 0 Å². The van der Waals surface area contributed by atoms with E-state index in [-0.39, 0.29) is 17.8 Å². The molecule has 1 aliphatic rings. The van der Waals surface area contributed by atoms with E-state index in [0.717, 1.165) is 29.8 Å². The Morgan fingerprint density at radius 2 is 1.81 bits per heavy atom. The lowest BCUT2D eigenvalue weighted by molar-refractivity contribution is -0.142. The number of aliphatic carboxylic acids is 1. The number of nitriles is 1. The van der Waals surface area contributed by atoms with E-state index in [4.69, 9.17) is 10.7 Å². The molecule has 0 aliphatic heterocycles. The Morgan fingerprint density at radius 1 is 1.03 bits per heavy atom. The van der Waals surface area contributed by atoms with Gasteiger partial charge in [0.1, 0.15) is 5.69 Å². The maximum atomic E-state index is 11.2. The fraction of sp³-hybridized carbons (Fsp3) is 0.269. The summed E-state index contributed by atoms with van der Waals surface area (Å²) >= 11 is 0. The largest absolute Gasteiger partial charge is 0.481 e. The van der Waals surface area contributed by atoms with Crippen LogP contribution in [-0.4, -0.2) is 41.0 Å². The lowest BCUT2D eigenvalue weighted by atomic mass is 9.80. The highest BCUT2D eigenvalue weighted by Crippen LogP contribution is 2.35. The van der Waals surface area contributed by atoms with Crippen molar-refractivity contribution in [3.8, 4) is 28.7 Å². The van der Waals surface area contributed by atoms with E-state index in [9.17, 15) is 15.2 Å². The molecule has 1 aliphatic carbocycles. The van der Waals surface area contributed by atoms with Gasteiger partial charge in [-0.05, 0) is 56.0 Å². The lowest BCUT2D eigenvalue weighted by Gasteiger charge is -2.25. The highest BCUT2D eigenvalue weighted by molar-refractivity contribution is 5.70. The molecule has 3 aromatic heterocycles. The van der Waals surface area contributed by atoms with Gasteiger partial charge >= 0.3 is 5.97 Å².